The van der Waals surface area contributed by atoms with E-state index < -0.39 is 5.60 Å². The van der Waals surface area contributed by atoms with E-state index in [1.807, 2.05) is 30.3 Å². The first-order valence-electron chi connectivity index (χ1n) is 11.8. The highest BCUT2D eigenvalue weighted by molar-refractivity contribution is 5.86. The van der Waals surface area contributed by atoms with E-state index in [1.165, 1.54) is 11.1 Å². The summed E-state index contributed by atoms with van der Waals surface area (Å²) in [7, 11) is 1.64. The minimum absolute atomic E-state index is 0.187. The zero-order chi connectivity index (χ0) is 24.5. The predicted octanol–water partition coefficient (Wildman–Crippen LogP) is 8.23. The van der Waals surface area contributed by atoms with Gasteiger partial charge in [0.05, 0.1) is 12.7 Å². The van der Waals surface area contributed by atoms with Crippen molar-refractivity contribution in [1.82, 2.24) is 0 Å². The molecule has 1 atom stereocenters. The molecule has 0 amide bonds. The summed E-state index contributed by atoms with van der Waals surface area (Å²) in [6, 6.07) is 9.58. The van der Waals surface area contributed by atoms with Crippen molar-refractivity contribution in [2.24, 2.45) is 0 Å². The second kappa shape index (κ2) is 9.46. The molecule has 0 bridgehead atoms. The Hall–Kier alpha value is -3.40. The minimum atomic E-state index is -0.453. The summed E-state index contributed by atoms with van der Waals surface area (Å²) in [5, 5.41) is 11.9. The molecule has 0 radical (unpaired) electrons. The van der Waals surface area contributed by atoms with Crippen molar-refractivity contribution in [3.8, 4) is 28.6 Å². The molecule has 2 heterocycles. The monoisotopic (exact) mass is 458 g/mol. The van der Waals surface area contributed by atoms with Crippen molar-refractivity contribution in [2.75, 3.05) is 7.11 Å². The summed E-state index contributed by atoms with van der Waals surface area (Å²) < 4.78 is 18.2. The smallest absolute Gasteiger partial charge is 0.138 e. The number of hydrogen-bond donors (Lipinski definition) is 1. The molecule has 1 aromatic heterocycles. The Morgan fingerprint density at radius 1 is 1.06 bits per heavy atom. The quantitative estimate of drug-likeness (QED) is 0.362. The van der Waals surface area contributed by atoms with Gasteiger partial charge >= 0.3 is 0 Å². The van der Waals surface area contributed by atoms with Gasteiger partial charge in [-0.25, -0.2) is 0 Å². The van der Waals surface area contributed by atoms with Gasteiger partial charge in [0, 0.05) is 22.6 Å². The van der Waals surface area contributed by atoms with Gasteiger partial charge in [-0.15, -0.1) is 0 Å². The van der Waals surface area contributed by atoms with Crippen molar-refractivity contribution in [2.45, 2.75) is 59.5 Å². The van der Waals surface area contributed by atoms with E-state index in [2.05, 4.69) is 52.8 Å². The van der Waals surface area contributed by atoms with Gasteiger partial charge in [0.15, 0.2) is 0 Å². The first kappa shape index (κ1) is 23.7. The van der Waals surface area contributed by atoms with Gasteiger partial charge < -0.3 is 19.0 Å². The second-order valence-electron chi connectivity index (χ2n) is 9.73. The number of methoxy groups -OCH3 is 1. The SMILES string of the molecule is COc1ccc2cc(-c3cc(O)c4c(c3CC=C(C)C)OC(C)(CCC=C(C)C)C=C4)oc2c1. The fraction of sp³-hybridized carbons (Fsp3) is 0.333. The molecule has 1 aliphatic rings. The molecule has 0 aliphatic carbocycles. The molecule has 4 nitrogen and oxygen atoms in total. The average Bonchev–Trinajstić information content (AvgIpc) is 3.20. The molecule has 2 aromatic carbocycles. The summed E-state index contributed by atoms with van der Waals surface area (Å²) in [6.45, 7) is 10.5. The summed E-state index contributed by atoms with van der Waals surface area (Å²) in [6.07, 6.45) is 10.9. The van der Waals surface area contributed by atoms with Crippen LogP contribution < -0.4 is 9.47 Å². The fourth-order valence-electron chi connectivity index (χ4n) is 4.29. The summed E-state index contributed by atoms with van der Waals surface area (Å²) in [5.41, 5.74) is 5.38. The molecule has 3 aromatic rings. The van der Waals surface area contributed by atoms with E-state index in [0.29, 0.717) is 12.2 Å². The van der Waals surface area contributed by atoms with Crippen LogP contribution in [-0.4, -0.2) is 17.8 Å². The topological polar surface area (TPSA) is 51.8 Å². The van der Waals surface area contributed by atoms with Crippen LogP contribution in [0, 0.1) is 0 Å². The van der Waals surface area contributed by atoms with Gasteiger partial charge in [0.25, 0.3) is 0 Å². The Kier molecular flexibility index (Phi) is 6.60. The Bertz CT molecular complexity index is 1300. The molecule has 178 valence electrons. The molecule has 0 spiro atoms. The second-order valence-corrected chi connectivity index (χ2v) is 9.73. The molecular weight excluding hydrogens is 424 g/mol. The van der Waals surface area contributed by atoms with Gasteiger partial charge in [-0.05, 0) is 90.3 Å². The maximum absolute atomic E-state index is 11.0. The minimum Gasteiger partial charge on any atom is -0.507 e. The number of phenolic OH excluding ortho intramolecular Hbond substituents is 1. The Morgan fingerprint density at radius 2 is 1.82 bits per heavy atom. The van der Waals surface area contributed by atoms with Crippen LogP contribution in [0.3, 0.4) is 0 Å². The Balaban J connectivity index is 1.84. The highest BCUT2D eigenvalue weighted by Gasteiger charge is 2.31. The van der Waals surface area contributed by atoms with Crippen molar-refractivity contribution in [1.29, 1.82) is 0 Å². The van der Waals surface area contributed by atoms with Gasteiger partial charge in [-0.3, -0.25) is 0 Å². The fourth-order valence-corrected chi connectivity index (χ4v) is 4.29. The maximum Gasteiger partial charge on any atom is 0.138 e. The van der Waals surface area contributed by atoms with Crippen LogP contribution >= 0.6 is 0 Å². The molecule has 0 saturated carbocycles. The lowest BCUT2D eigenvalue weighted by Crippen LogP contribution is -2.32. The number of allylic oxidation sites excluding steroid dienone is 4. The van der Waals surface area contributed by atoms with Crippen LogP contribution in [0.2, 0.25) is 0 Å². The number of rotatable bonds is 7. The van der Waals surface area contributed by atoms with Gasteiger partial charge in [0.2, 0.25) is 0 Å². The normalized spacial score (nSPS) is 16.6. The number of aromatic hydroxyl groups is 1. The van der Waals surface area contributed by atoms with Crippen molar-refractivity contribution >= 4 is 17.0 Å². The first-order chi connectivity index (χ1) is 16.2. The van der Waals surface area contributed by atoms with Crippen LogP contribution in [-0.2, 0) is 6.42 Å². The summed E-state index contributed by atoms with van der Waals surface area (Å²) in [4.78, 5) is 0. The Morgan fingerprint density at radius 3 is 2.53 bits per heavy atom. The van der Waals surface area contributed by atoms with E-state index in [9.17, 15) is 5.11 Å². The molecule has 4 heteroatoms. The third-order valence-corrected chi connectivity index (χ3v) is 6.24. The van der Waals surface area contributed by atoms with Gasteiger partial charge in [-0.1, -0.05) is 23.3 Å². The number of fused-ring (bicyclic) bond motifs is 2. The molecule has 0 saturated heterocycles. The molecule has 0 fully saturated rings. The highest BCUT2D eigenvalue weighted by Crippen LogP contribution is 2.46. The van der Waals surface area contributed by atoms with E-state index in [1.54, 1.807) is 13.2 Å². The average molecular weight is 459 g/mol. The van der Waals surface area contributed by atoms with Gasteiger partial charge in [-0.2, -0.15) is 0 Å². The van der Waals surface area contributed by atoms with Crippen molar-refractivity contribution in [3.63, 3.8) is 0 Å². The number of hydrogen-bond acceptors (Lipinski definition) is 4. The molecular formula is C30H34O4. The van der Waals surface area contributed by atoms with Crippen LogP contribution in [0.25, 0.3) is 28.4 Å². The molecule has 4 rings (SSSR count). The summed E-state index contributed by atoms with van der Waals surface area (Å²) >= 11 is 0. The third-order valence-electron chi connectivity index (χ3n) is 6.24. The third kappa shape index (κ3) is 4.91. The molecule has 1 aliphatic heterocycles. The largest absolute Gasteiger partial charge is 0.507 e. The predicted molar refractivity (Wildman–Crippen MR) is 140 cm³/mol. The molecule has 34 heavy (non-hydrogen) atoms. The van der Waals surface area contributed by atoms with E-state index in [4.69, 9.17) is 13.9 Å². The zero-order valence-corrected chi connectivity index (χ0v) is 21.0. The lowest BCUT2D eigenvalue weighted by atomic mass is 9.90. The van der Waals surface area contributed by atoms with Crippen molar-refractivity contribution < 1.29 is 19.0 Å². The van der Waals surface area contributed by atoms with Crippen LogP contribution in [0.4, 0.5) is 0 Å². The Labute approximate surface area is 202 Å². The van der Waals surface area contributed by atoms with Gasteiger partial charge in [0.1, 0.15) is 34.2 Å². The summed E-state index contributed by atoms with van der Waals surface area (Å²) in [5.74, 6) is 2.36. The zero-order valence-electron chi connectivity index (χ0n) is 21.0. The standard InChI is InChI=1S/C30H34O4/c1-19(2)8-7-14-30(5)15-13-24-26(31)18-25(23(29(24)34-30)12-9-20(3)4)28-16-21-10-11-22(32-6)17-27(21)33-28/h8-11,13,15-18,31H,7,12,14H2,1-6H3. The van der Waals surface area contributed by atoms with E-state index >= 15 is 0 Å². The number of phenols is 1. The van der Waals surface area contributed by atoms with E-state index in [-0.39, 0.29) is 5.75 Å². The van der Waals surface area contributed by atoms with Crippen LogP contribution in [0.1, 0.15) is 58.6 Å². The maximum atomic E-state index is 11.0. The number of furan rings is 1. The lowest BCUT2D eigenvalue weighted by molar-refractivity contribution is 0.127. The highest BCUT2D eigenvalue weighted by atomic mass is 16.5. The van der Waals surface area contributed by atoms with Crippen LogP contribution in [0.15, 0.2) is 64.1 Å². The number of ether oxygens (including phenoxy) is 2. The lowest BCUT2D eigenvalue weighted by Gasteiger charge is -2.33. The molecule has 1 N–H and O–H groups in total. The number of benzene rings is 2. The molecule has 1 unspecified atom stereocenters. The first-order valence-corrected chi connectivity index (χ1v) is 11.8. The van der Waals surface area contributed by atoms with E-state index in [0.717, 1.165) is 52.0 Å². The van der Waals surface area contributed by atoms with Crippen molar-refractivity contribution in [3.05, 3.63) is 70.8 Å². The van der Waals surface area contributed by atoms with Crippen LogP contribution in [0.5, 0.6) is 17.2 Å².